The second kappa shape index (κ2) is 16.8. The molecule has 2 aliphatic rings. The quantitative estimate of drug-likeness (QED) is 0.119. The van der Waals surface area contributed by atoms with E-state index in [0.29, 0.717) is 42.9 Å². The van der Waals surface area contributed by atoms with E-state index in [9.17, 15) is 9.59 Å². The average Bonchev–Trinajstić information content (AvgIpc) is 3.70. The van der Waals surface area contributed by atoms with Crippen molar-refractivity contribution in [2.24, 2.45) is 11.8 Å². The second-order valence-corrected chi connectivity index (χ2v) is 13.5. The van der Waals surface area contributed by atoms with Crippen LogP contribution in [0.25, 0.3) is 0 Å². The number of nitrogens with zero attached hydrogens (tertiary/aromatic N) is 4. The Morgan fingerprint density at radius 2 is 1.31 bits per heavy atom. The molecular weight excluding hydrogens is 612 g/mol. The summed E-state index contributed by atoms with van der Waals surface area (Å²) >= 11 is 0. The molecule has 0 bridgehead atoms. The molecule has 5 unspecified atom stereocenters. The molecule has 0 aliphatic heterocycles. The highest BCUT2D eigenvalue weighted by molar-refractivity contribution is 5.84. The van der Waals surface area contributed by atoms with Gasteiger partial charge in [0.05, 0.1) is 37.0 Å². The molecule has 0 spiro atoms. The number of carbonyl (C=O) groups excluding carboxylic acids is 2. The maximum Gasteiger partial charge on any atom is 0.140 e. The van der Waals surface area contributed by atoms with Crippen LogP contribution in [0.3, 0.4) is 0 Å². The third kappa shape index (κ3) is 8.97. The van der Waals surface area contributed by atoms with Crippen molar-refractivity contribution in [1.29, 1.82) is 0 Å². The van der Waals surface area contributed by atoms with Gasteiger partial charge < -0.3 is 9.47 Å². The van der Waals surface area contributed by atoms with Crippen molar-refractivity contribution in [2.45, 2.75) is 96.3 Å². The van der Waals surface area contributed by atoms with Gasteiger partial charge in [-0.1, -0.05) is 50.7 Å². The fraction of sp³-hybridized carbons (Fsp3) is 0.463. The maximum absolute atomic E-state index is 13.1. The van der Waals surface area contributed by atoms with Gasteiger partial charge in [-0.15, -0.1) is 0 Å². The van der Waals surface area contributed by atoms with E-state index in [1.807, 2.05) is 48.5 Å². The molecule has 5 atom stereocenters. The number of hydrogen-bond donors (Lipinski definition) is 0. The molecule has 8 nitrogen and oxygen atoms in total. The molecule has 2 saturated carbocycles. The van der Waals surface area contributed by atoms with Crippen LogP contribution in [0.5, 0.6) is 11.5 Å². The van der Waals surface area contributed by atoms with E-state index < -0.39 is 0 Å². The molecule has 6 rings (SSSR count). The Morgan fingerprint density at radius 1 is 0.735 bits per heavy atom. The molecule has 0 N–H and O–H groups in total. The highest BCUT2D eigenvalue weighted by Gasteiger charge is 2.41. The number of carbonyl (C=O) groups is 2. The van der Waals surface area contributed by atoms with Crippen LogP contribution >= 0.6 is 0 Å². The summed E-state index contributed by atoms with van der Waals surface area (Å²) in [5.74, 6) is 3.37. The van der Waals surface area contributed by atoms with E-state index in [2.05, 4.69) is 51.6 Å². The molecule has 0 radical (unpaired) electrons. The van der Waals surface area contributed by atoms with Gasteiger partial charge in [0.25, 0.3) is 0 Å². The van der Waals surface area contributed by atoms with E-state index in [0.717, 1.165) is 90.3 Å². The Balaban J connectivity index is 0.00000468. The van der Waals surface area contributed by atoms with E-state index in [4.69, 9.17) is 9.47 Å². The molecule has 2 heterocycles. The van der Waals surface area contributed by atoms with Crippen LogP contribution in [0.15, 0.2) is 72.8 Å². The summed E-state index contributed by atoms with van der Waals surface area (Å²) in [4.78, 5) is 25.8. The molecule has 49 heavy (non-hydrogen) atoms. The Bertz CT molecular complexity index is 1690. The standard InChI is InChI=1S/C40H46N4O4.CH4/c1-4-26(38(46)25-30-10-6-8-12-40(30)48-3)15-16-32-17-18-35(42-41-32)27-13-14-28(21-27)36-19-20-37(44-43-36)34-24-31(34)23-33(45)22-29-9-5-7-11-39(29)47-2;/h5-12,17-20,26-28,31,34H,4,13-16,21-25H2,1-3H3;1H4. The summed E-state index contributed by atoms with van der Waals surface area (Å²) in [7, 11) is 3.28. The van der Waals surface area contributed by atoms with Gasteiger partial charge in [-0.25, -0.2) is 0 Å². The van der Waals surface area contributed by atoms with Crippen molar-refractivity contribution in [3.05, 3.63) is 107 Å². The maximum atomic E-state index is 13.1. The topological polar surface area (TPSA) is 104 Å². The predicted octanol–water partition coefficient (Wildman–Crippen LogP) is 8.05. The Labute approximate surface area is 291 Å². The van der Waals surface area contributed by atoms with Crippen molar-refractivity contribution in [3.63, 3.8) is 0 Å². The fourth-order valence-corrected chi connectivity index (χ4v) is 7.37. The van der Waals surface area contributed by atoms with Gasteiger partial charge >= 0.3 is 0 Å². The van der Waals surface area contributed by atoms with Crippen molar-refractivity contribution in [3.8, 4) is 11.5 Å². The van der Waals surface area contributed by atoms with Crippen LogP contribution in [-0.2, 0) is 28.9 Å². The van der Waals surface area contributed by atoms with Crippen LogP contribution in [-0.4, -0.2) is 46.2 Å². The SMILES string of the molecule is C.CCC(CCc1ccc(C2CCC(c3ccc(C4CC4CC(=O)Cc4ccccc4OC)nn3)C2)nn1)C(=O)Cc1ccccc1OC. The smallest absolute Gasteiger partial charge is 0.140 e. The summed E-state index contributed by atoms with van der Waals surface area (Å²) < 4.78 is 10.8. The zero-order valence-corrected chi connectivity index (χ0v) is 28.3. The first-order valence-corrected chi connectivity index (χ1v) is 17.4. The zero-order valence-electron chi connectivity index (χ0n) is 28.3. The van der Waals surface area contributed by atoms with Crippen LogP contribution < -0.4 is 9.47 Å². The normalized spacial score (nSPS) is 20.2. The van der Waals surface area contributed by atoms with Gasteiger partial charge in [0, 0.05) is 54.1 Å². The van der Waals surface area contributed by atoms with Crippen molar-refractivity contribution < 1.29 is 19.1 Å². The zero-order chi connectivity index (χ0) is 33.5. The lowest BCUT2D eigenvalue weighted by molar-refractivity contribution is -0.122. The summed E-state index contributed by atoms with van der Waals surface area (Å²) in [5.41, 5.74) is 5.88. The van der Waals surface area contributed by atoms with E-state index in [1.165, 1.54) is 0 Å². The van der Waals surface area contributed by atoms with Gasteiger partial charge in [0.1, 0.15) is 23.1 Å². The van der Waals surface area contributed by atoms with Crippen LogP contribution in [0.2, 0.25) is 0 Å². The van der Waals surface area contributed by atoms with Gasteiger partial charge in [-0.3, -0.25) is 9.59 Å². The fourth-order valence-electron chi connectivity index (χ4n) is 7.37. The summed E-state index contributed by atoms with van der Waals surface area (Å²) in [6.07, 6.45) is 7.74. The van der Waals surface area contributed by atoms with Crippen LogP contribution in [0.1, 0.15) is 111 Å². The third-order valence-corrected chi connectivity index (χ3v) is 10.3. The molecule has 2 aromatic carbocycles. The first-order chi connectivity index (χ1) is 23.4. The first kappa shape index (κ1) is 35.8. The summed E-state index contributed by atoms with van der Waals surface area (Å²) in [5, 5.41) is 18.4. The highest BCUT2D eigenvalue weighted by atomic mass is 16.5. The molecule has 2 aliphatic carbocycles. The molecule has 2 fully saturated rings. The molecule has 8 heteroatoms. The molecule has 2 aromatic heterocycles. The van der Waals surface area contributed by atoms with Crippen molar-refractivity contribution in [2.75, 3.05) is 14.2 Å². The summed E-state index contributed by atoms with van der Waals surface area (Å²) in [6.45, 7) is 2.07. The minimum Gasteiger partial charge on any atom is -0.496 e. The number of benzene rings is 2. The lowest BCUT2D eigenvalue weighted by Gasteiger charge is -2.15. The van der Waals surface area contributed by atoms with Gasteiger partial charge in [0.15, 0.2) is 0 Å². The number of aromatic nitrogens is 4. The Morgan fingerprint density at radius 3 is 1.88 bits per heavy atom. The highest BCUT2D eigenvalue weighted by Crippen LogP contribution is 2.49. The second-order valence-electron chi connectivity index (χ2n) is 13.5. The van der Waals surface area contributed by atoms with Gasteiger partial charge in [-0.2, -0.15) is 20.4 Å². The number of methoxy groups -OCH3 is 2. The molecule has 0 amide bonds. The lowest BCUT2D eigenvalue weighted by atomic mass is 9.90. The van der Waals surface area contributed by atoms with Crippen molar-refractivity contribution in [1.82, 2.24) is 20.4 Å². The number of ether oxygens (including phenoxy) is 2. The van der Waals surface area contributed by atoms with Gasteiger partial charge in [-0.05, 0) is 87.3 Å². The average molecular weight is 663 g/mol. The van der Waals surface area contributed by atoms with Crippen LogP contribution in [0, 0.1) is 11.8 Å². The van der Waals surface area contributed by atoms with E-state index >= 15 is 0 Å². The largest absolute Gasteiger partial charge is 0.496 e. The third-order valence-electron chi connectivity index (χ3n) is 10.3. The minimum absolute atomic E-state index is 0. The monoisotopic (exact) mass is 662 g/mol. The molecule has 258 valence electrons. The minimum atomic E-state index is -0.0166. The number of para-hydroxylation sites is 2. The van der Waals surface area contributed by atoms with Gasteiger partial charge in [0.2, 0.25) is 0 Å². The number of Topliss-reactive ketones (excluding diaryl/α,β-unsaturated/α-hetero) is 2. The predicted molar refractivity (Wildman–Crippen MR) is 191 cm³/mol. The molecule has 4 aromatic rings. The first-order valence-electron chi connectivity index (χ1n) is 17.4. The molecule has 0 saturated heterocycles. The van der Waals surface area contributed by atoms with Crippen LogP contribution in [0.4, 0.5) is 0 Å². The number of rotatable bonds is 16. The lowest BCUT2D eigenvalue weighted by Crippen LogP contribution is -2.18. The number of hydrogen-bond acceptors (Lipinski definition) is 8. The number of aryl methyl sites for hydroxylation is 1. The Kier molecular flexibility index (Phi) is 12.3. The van der Waals surface area contributed by atoms with E-state index in [1.54, 1.807) is 14.2 Å². The molecular formula is C41H50N4O4. The Hall–Kier alpha value is -4.46. The summed E-state index contributed by atoms with van der Waals surface area (Å²) in [6, 6.07) is 23.9. The van der Waals surface area contributed by atoms with Crippen molar-refractivity contribution >= 4 is 11.6 Å². The number of ketones is 2. The van der Waals surface area contributed by atoms with E-state index in [-0.39, 0.29) is 24.9 Å².